The molecule has 1 saturated heterocycles. The largest absolute Gasteiger partial charge is 0.433 e. The zero-order chi connectivity index (χ0) is 26.3. The minimum absolute atomic E-state index is 0.0508. The number of amides is 1. The van der Waals surface area contributed by atoms with Crippen LogP contribution in [0.1, 0.15) is 34.4 Å². The molecule has 1 fully saturated rings. The highest BCUT2D eigenvalue weighted by Crippen LogP contribution is 2.32. The second-order valence-electron chi connectivity index (χ2n) is 8.99. The summed E-state index contributed by atoms with van der Waals surface area (Å²) in [5.74, 6) is -0.415. The molecular weight excluding hydrogens is 507 g/mol. The Labute approximate surface area is 216 Å². The summed E-state index contributed by atoms with van der Waals surface area (Å²) in [5, 5.41) is 8.95. The van der Waals surface area contributed by atoms with Gasteiger partial charge in [-0.3, -0.25) is 14.4 Å². The topological polar surface area (TPSA) is 71.6 Å². The summed E-state index contributed by atoms with van der Waals surface area (Å²) in [5.41, 5.74) is 1.59. The quantitative estimate of drug-likeness (QED) is 0.378. The van der Waals surface area contributed by atoms with Crippen molar-refractivity contribution >= 4 is 23.2 Å². The highest BCUT2D eigenvalue weighted by molar-refractivity contribution is 6.30. The molecule has 0 unspecified atom stereocenters. The maximum absolute atomic E-state index is 13.9. The van der Waals surface area contributed by atoms with E-state index in [2.05, 4.69) is 20.1 Å². The van der Waals surface area contributed by atoms with E-state index in [1.54, 1.807) is 29.2 Å². The Hall–Kier alpha value is -3.44. The van der Waals surface area contributed by atoms with Gasteiger partial charge in [0.15, 0.2) is 17.0 Å². The van der Waals surface area contributed by atoms with E-state index in [1.165, 1.54) is 6.07 Å². The van der Waals surface area contributed by atoms with Crippen LogP contribution in [-0.2, 0) is 19.3 Å². The van der Waals surface area contributed by atoms with Crippen molar-refractivity contribution in [3.8, 4) is 11.3 Å². The minimum Gasteiger partial charge on any atom is -0.335 e. The number of aryl methyl sites for hydroxylation is 2. The van der Waals surface area contributed by atoms with E-state index in [0.29, 0.717) is 41.3 Å². The SMILES string of the molecule is CCn1cc(CN2CCN(C(=O)c3cc4nc(-c5ccc(Cl)cc5)cc(C(F)(F)F)n4n3)CC2)c(C)n1. The van der Waals surface area contributed by atoms with Crippen LogP contribution < -0.4 is 0 Å². The van der Waals surface area contributed by atoms with E-state index in [4.69, 9.17) is 11.6 Å². The zero-order valence-electron chi connectivity index (χ0n) is 20.3. The predicted octanol–water partition coefficient (Wildman–Crippen LogP) is 4.55. The number of halogens is 4. The number of nitrogens with zero attached hydrogens (tertiary/aromatic N) is 7. The molecule has 0 aliphatic carbocycles. The standard InChI is InChI=1S/C25H25ClF3N7O/c1-3-35-15-18(16(2)31-35)14-33-8-10-34(11-9-33)24(37)21-13-23-30-20(17-4-6-19(26)7-5-17)12-22(25(27,28)29)36(23)32-21/h4-7,12-13,15H,3,8-11,14H2,1-2H3. The Bertz CT molecular complexity index is 1440. The zero-order valence-corrected chi connectivity index (χ0v) is 21.1. The number of piperazine rings is 1. The fourth-order valence-electron chi connectivity index (χ4n) is 4.44. The van der Waals surface area contributed by atoms with E-state index in [-0.39, 0.29) is 17.0 Å². The van der Waals surface area contributed by atoms with Crippen LogP contribution >= 0.6 is 11.6 Å². The molecule has 5 rings (SSSR count). The maximum atomic E-state index is 13.9. The maximum Gasteiger partial charge on any atom is 0.433 e. The first-order valence-electron chi connectivity index (χ1n) is 11.9. The Morgan fingerprint density at radius 3 is 2.38 bits per heavy atom. The van der Waals surface area contributed by atoms with Crippen molar-refractivity contribution < 1.29 is 18.0 Å². The molecular formula is C25H25ClF3N7O. The average Bonchev–Trinajstić information content (AvgIpc) is 3.46. The van der Waals surface area contributed by atoms with Crippen molar-refractivity contribution in [3.05, 3.63) is 70.3 Å². The summed E-state index contributed by atoms with van der Waals surface area (Å²) in [6.07, 6.45) is -2.66. The van der Waals surface area contributed by atoms with Crippen molar-refractivity contribution in [1.29, 1.82) is 0 Å². The van der Waals surface area contributed by atoms with E-state index in [0.717, 1.165) is 30.4 Å². The van der Waals surface area contributed by atoms with E-state index < -0.39 is 17.8 Å². The summed E-state index contributed by atoms with van der Waals surface area (Å²) in [4.78, 5) is 21.4. The van der Waals surface area contributed by atoms with Crippen LogP contribution in [0.25, 0.3) is 16.9 Å². The van der Waals surface area contributed by atoms with Gasteiger partial charge in [0.05, 0.1) is 11.4 Å². The first-order chi connectivity index (χ1) is 17.6. The Balaban J connectivity index is 1.36. The molecule has 4 aromatic rings. The molecule has 1 aliphatic rings. The number of hydrogen-bond donors (Lipinski definition) is 0. The van der Waals surface area contributed by atoms with Crippen LogP contribution in [0.5, 0.6) is 0 Å². The second-order valence-corrected chi connectivity index (χ2v) is 9.43. The van der Waals surface area contributed by atoms with Gasteiger partial charge in [0.2, 0.25) is 0 Å². The molecule has 0 bridgehead atoms. The molecule has 0 N–H and O–H groups in total. The monoisotopic (exact) mass is 531 g/mol. The van der Waals surface area contributed by atoms with E-state index in [1.807, 2.05) is 24.7 Å². The van der Waals surface area contributed by atoms with Crippen molar-refractivity contribution in [3.63, 3.8) is 0 Å². The lowest BCUT2D eigenvalue weighted by atomic mass is 10.1. The molecule has 3 aromatic heterocycles. The van der Waals surface area contributed by atoms with Gasteiger partial charge in [0, 0.05) is 67.7 Å². The van der Waals surface area contributed by atoms with Gasteiger partial charge in [-0.15, -0.1) is 0 Å². The van der Waals surface area contributed by atoms with Gasteiger partial charge in [0.1, 0.15) is 0 Å². The number of benzene rings is 1. The van der Waals surface area contributed by atoms with Crippen molar-refractivity contribution in [2.45, 2.75) is 33.1 Å². The van der Waals surface area contributed by atoms with Crippen LogP contribution in [0.3, 0.4) is 0 Å². The fourth-order valence-corrected chi connectivity index (χ4v) is 4.56. The summed E-state index contributed by atoms with van der Waals surface area (Å²) >= 11 is 5.91. The van der Waals surface area contributed by atoms with E-state index >= 15 is 0 Å². The van der Waals surface area contributed by atoms with Gasteiger partial charge in [-0.05, 0) is 32.0 Å². The van der Waals surface area contributed by atoms with Crippen molar-refractivity contribution in [1.82, 2.24) is 34.2 Å². The number of carbonyl (C=O) groups is 1. The van der Waals surface area contributed by atoms with Gasteiger partial charge < -0.3 is 4.90 Å². The molecule has 0 radical (unpaired) electrons. The first kappa shape index (κ1) is 25.2. The molecule has 37 heavy (non-hydrogen) atoms. The number of alkyl halides is 3. The van der Waals surface area contributed by atoms with E-state index in [9.17, 15) is 18.0 Å². The molecule has 0 spiro atoms. The van der Waals surface area contributed by atoms with Gasteiger partial charge in [0.25, 0.3) is 5.91 Å². The van der Waals surface area contributed by atoms with Gasteiger partial charge >= 0.3 is 6.18 Å². The summed E-state index contributed by atoms with van der Waals surface area (Å²) in [7, 11) is 0. The molecule has 12 heteroatoms. The third kappa shape index (κ3) is 5.19. The molecule has 1 aliphatic heterocycles. The Morgan fingerprint density at radius 1 is 1.05 bits per heavy atom. The van der Waals surface area contributed by atoms with Crippen LogP contribution in [0, 0.1) is 6.92 Å². The van der Waals surface area contributed by atoms with Gasteiger partial charge in [-0.2, -0.15) is 23.4 Å². The number of aromatic nitrogens is 5. The third-order valence-electron chi connectivity index (χ3n) is 6.50. The lowest BCUT2D eigenvalue weighted by Crippen LogP contribution is -2.48. The number of carbonyl (C=O) groups excluding carboxylic acids is 1. The predicted molar refractivity (Wildman–Crippen MR) is 132 cm³/mol. The number of fused-ring (bicyclic) bond motifs is 1. The Morgan fingerprint density at radius 2 is 1.76 bits per heavy atom. The molecule has 8 nitrogen and oxygen atoms in total. The minimum atomic E-state index is -4.69. The van der Waals surface area contributed by atoms with Crippen LogP contribution in [0.2, 0.25) is 5.02 Å². The summed E-state index contributed by atoms with van der Waals surface area (Å²) in [6.45, 7) is 7.72. The molecule has 0 saturated carbocycles. The van der Waals surface area contributed by atoms with Crippen molar-refractivity contribution in [2.24, 2.45) is 0 Å². The molecule has 0 atom stereocenters. The molecule has 194 valence electrons. The number of rotatable bonds is 5. The number of hydrogen-bond acceptors (Lipinski definition) is 5. The van der Waals surface area contributed by atoms with Crippen molar-refractivity contribution in [2.75, 3.05) is 26.2 Å². The first-order valence-corrected chi connectivity index (χ1v) is 12.3. The van der Waals surface area contributed by atoms with Gasteiger partial charge in [-0.1, -0.05) is 23.7 Å². The lowest BCUT2D eigenvalue weighted by Gasteiger charge is -2.34. The van der Waals surface area contributed by atoms with Crippen LogP contribution in [-0.4, -0.2) is 66.3 Å². The van der Waals surface area contributed by atoms with Crippen LogP contribution in [0.15, 0.2) is 42.6 Å². The van der Waals surface area contributed by atoms with Gasteiger partial charge in [-0.25, -0.2) is 9.50 Å². The highest BCUT2D eigenvalue weighted by Gasteiger charge is 2.36. The second kappa shape index (κ2) is 9.79. The molecule has 1 amide bonds. The smallest absolute Gasteiger partial charge is 0.335 e. The Kier molecular flexibility index (Phi) is 6.67. The fraction of sp³-hybridized carbons (Fsp3) is 0.360. The normalized spacial score (nSPS) is 15.0. The van der Waals surface area contributed by atoms with Crippen LogP contribution in [0.4, 0.5) is 13.2 Å². The highest BCUT2D eigenvalue weighted by atomic mass is 35.5. The average molecular weight is 532 g/mol. The molecule has 4 heterocycles. The lowest BCUT2D eigenvalue weighted by molar-refractivity contribution is -0.142. The molecule has 1 aromatic carbocycles. The summed E-state index contributed by atoms with van der Waals surface area (Å²) < 4.78 is 44.3. The summed E-state index contributed by atoms with van der Waals surface area (Å²) in [6, 6.07) is 8.59. The third-order valence-corrected chi connectivity index (χ3v) is 6.75.